The molecule has 0 bridgehead atoms. The van der Waals surface area contributed by atoms with Gasteiger partial charge in [0.2, 0.25) is 0 Å². The number of hydrogen-bond acceptors (Lipinski definition) is 3. The van der Waals surface area contributed by atoms with Crippen LogP contribution in [0.5, 0.6) is 0 Å². The molecule has 0 saturated carbocycles. The van der Waals surface area contributed by atoms with Gasteiger partial charge in [0.25, 0.3) is 11.8 Å². The van der Waals surface area contributed by atoms with Crippen LogP contribution in [0.2, 0.25) is 0 Å². The SMILES string of the molecule is Cn1cc(NC(=O)c2ccccc2-c2ccc(C(F)(F)F)cc2)cc1C(=O)NCc1ccc(-c2ccncc2)cc1. The Balaban J connectivity index is 1.25. The number of pyridine rings is 1. The van der Waals surface area contributed by atoms with Gasteiger partial charge in [0.15, 0.2) is 0 Å². The molecular formula is C32H25F3N4O2. The summed E-state index contributed by atoms with van der Waals surface area (Å²) in [6.07, 6.45) is 0.644. The van der Waals surface area contributed by atoms with E-state index in [1.165, 1.54) is 12.1 Å². The molecule has 0 unspecified atom stereocenters. The number of hydrogen-bond donors (Lipinski definition) is 2. The molecule has 2 amide bonds. The Bertz CT molecular complexity index is 1680. The molecule has 5 rings (SSSR count). The Morgan fingerprint density at radius 2 is 1.44 bits per heavy atom. The second kappa shape index (κ2) is 11.5. The first-order valence-corrected chi connectivity index (χ1v) is 12.7. The maximum atomic E-state index is 13.2. The van der Waals surface area contributed by atoms with Crippen LogP contribution in [0.1, 0.15) is 32.0 Å². The molecule has 0 radical (unpaired) electrons. The number of carbonyl (C=O) groups is 2. The zero-order chi connectivity index (χ0) is 29.0. The van der Waals surface area contributed by atoms with Gasteiger partial charge in [0, 0.05) is 37.7 Å². The highest BCUT2D eigenvalue weighted by atomic mass is 19.4. The zero-order valence-corrected chi connectivity index (χ0v) is 21.9. The number of carbonyl (C=O) groups excluding carboxylic acids is 2. The maximum absolute atomic E-state index is 13.2. The summed E-state index contributed by atoms with van der Waals surface area (Å²) in [5.41, 5.74) is 4.28. The van der Waals surface area contributed by atoms with Crippen LogP contribution in [-0.4, -0.2) is 21.4 Å². The number of alkyl halides is 3. The quantitative estimate of drug-likeness (QED) is 0.229. The smallest absolute Gasteiger partial charge is 0.347 e. The van der Waals surface area contributed by atoms with Gasteiger partial charge in [-0.1, -0.05) is 54.6 Å². The van der Waals surface area contributed by atoms with E-state index in [9.17, 15) is 22.8 Å². The fourth-order valence-corrected chi connectivity index (χ4v) is 4.46. The van der Waals surface area contributed by atoms with Gasteiger partial charge in [-0.3, -0.25) is 14.6 Å². The van der Waals surface area contributed by atoms with Crippen molar-refractivity contribution < 1.29 is 22.8 Å². The van der Waals surface area contributed by atoms with Crippen LogP contribution in [0.4, 0.5) is 18.9 Å². The fourth-order valence-electron chi connectivity index (χ4n) is 4.46. The number of benzene rings is 3. The molecule has 41 heavy (non-hydrogen) atoms. The summed E-state index contributed by atoms with van der Waals surface area (Å²) in [5.74, 6) is -0.760. The van der Waals surface area contributed by atoms with E-state index in [1.54, 1.807) is 60.5 Å². The summed E-state index contributed by atoms with van der Waals surface area (Å²) in [7, 11) is 1.70. The Labute approximate surface area is 234 Å². The van der Waals surface area contributed by atoms with Gasteiger partial charge >= 0.3 is 6.18 Å². The third kappa shape index (κ3) is 6.36. The van der Waals surface area contributed by atoms with Crippen LogP contribution in [0.25, 0.3) is 22.3 Å². The van der Waals surface area contributed by atoms with Crippen molar-refractivity contribution in [3.05, 3.63) is 132 Å². The molecule has 0 atom stereocenters. The molecule has 6 nitrogen and oxygen atoms in total. The predicted octanol–water partition coefficient (Wildman–Crippen LogP) is 6.96. The number of aromatic nitrogens is 2. The van der Waals surface area contributed by atoms with Crippen molar-refractivity contribution in [2.75, 3.05) is 5.32 Å². The van der Waals surface area contributed by atoms with Crippen LogP contribution in [-0.2, 0) is 19.8 Å². The van der Waals surface area contributed by atoms with Gasteiger partial charge in [-0.25, -0.2) is 0 Å². The highest BCUT2D eigenvalue weighted by Gasteiger charge is 2.30. The lowest BCUT2D eigenvalue weighted by Crippen LogP contribution is -2.24. The van der Waals surface area contributed by atoms with Crippen LogP contribution < -0.4 is 10.6 Å². The lowest BCUT2D eigenvalue weighted by Gasteiger charge is -2.11. The first-order valence-electron chi connectivity index (χ1n) is 12.7. The van der Waals surface area contributed by atoms with Crippen molar-refractivity contribution >= 4 is 17.5 Å². The number of aryl methyl sites for hydroxylation is 1. The standard InChI is InChI=1S/C32H25F3N4O2/c1-39-20-26(18-29(39)31(41)37-19-21-6-8-22(9-7-21)23-14-16-36-17-15-23)38-30(40)28-5-3-2-4-27(28)24-10-12-25(13-11-24)32(33,34)35/h2-18,20H,19H2,1H3,(H,37,41)(H,38,40). The summed E-state index contributed by atoms with van der Waals surface area (Å²) in [5, 5.41) is 5.69. The molecule has 0 saturated heterocycles. The van der Waals surface area contributed by atoms with E-state index >= 15 is 0 Å². The van der Waals surface area contributed by atoms with Crippen molar-refractivity contribution in [1.82, 2.24) is 14.9 Å². The molecule has 0 aliphatic heterocycles. The Hall–Kier alpha value is -5.18. The van der Waals surface area contributed by atoms with E-state index in [0.717, 1.165) is 28.8 Å². The van der Waals surface area contributed by atoms with Gasteiger partial charge in [0.1, 0.15) is 5.69 Å². The van der Waals surface area contributed by atoms with Crippen LogP contribution in [0, 0.1) is 0 Å². The number of rotatable bonds is 7. The van der Waals surface area contributed by atoms with E-state index < -0.39 is 17.6 Å². The minimum absolute atomic E-state index is 0.289. The molecule has 0 aliphatic carbocycles. The molecule has 9 heteroatoms. The highest BCUT2D eigenvalue weighted by Crippen LogP contribution is 2.32. The monoisotopic (exact) mass is 554 g/mol. The van der Waals surface area contributed by atoms with E-state index in [0.29, 0.717) is 29.1 Å². The lowest BCUT2D eigenvalue weighted by atomic mass is 9.98. The maximum Gasteiger partial charge on any atom is 0.416 e. The number of anilines is 1. The number of nitrogens with zero attached hydrogens (tertiary/aromatic N) is 2. The van der Waals surface area contributed by atoms with E-state index in [-0.39, 0.29) is 11.5 Å². The molecular weight excluding hydrogens is 529 g/mol. The zero-order valence-electron chi connectivity index (χ0n) is 21.9. The summed E-state index contributed by atoms with van der Waals surface area (Å²) >= 11 is 0. The van der Waals surface area contributed by atoms with Crippen molar-refractivity contribution in [3.63, 3.8) is 0 Å². The molecule has 5 aromatic rings. The molecule has 2 heterocycles. The van der Waals surface area contributed by atoms with Crippen LogP contribution in [0.15, 0.2) is 110 Å². The van der Waals surface area contributed by atoms with Gasteiger partial charge in [-0.05, 0) is 64.2 Å². The lowest BCUT2D eigenvalue weighted by molar-refractivity contribution is -0.137. The second-order valence-electron chi connectivity index (χ2n) is 9.42. The van der Waals surface area contributed by atoms with Gasteiger partial charge in [-0.2, -0.15) is 13.2 Å². The van der Waals surface area contributed by atoms with Crippen molar-refractivity contribution in [2.45, 2.75) is 12.7 Å². The first kappa shape index (κ1) is 27.4. The summed E-state index contributed by atoms with van der Waals surface area (Å²) in [6.45, 7) is 0.322. The molecule has 3 aromatic carbocycles. The molecule has 206 valence electrons. The molecule has 2 aromatic heterocycles. The van der Waals surface area contributed by atoms with E-state index in [4.69, 9.17) is 0 Å². The number of halogens is 3. The summed E-state index contributed by atoms with van der Waals surface area (Å²) < 4.78 is 40.5. The Kier molecular flexibility index (Phi) is 7.69. The third-order valence-corrected chi connectivity index (χ3v) is 6.61. The van der Waals surface area contributed by atoms with E-state index in [2.05, 4.69) is 15.6 Å². The van der Waals surface area contributed by atoms with E-state index in [1.807, 2.05) is 36.4 Å². The van der Waals surface area contributed by atoms with Crippen LogP contribution in [0.3, 0.4) is 0 Å². The molecule has 0 aliphatic rings. The largest absolute Gasteiger partial charge is 0.416 e. The fraction of sp³-hybridized carbons (Fsp3) is 0.0938. The first-order chi connectivity index (χ1) is 19.7. The Morgan fingerprint density at radius 3 is 2.12 bits per heavy atom. The van der Waals surface area contributed by atoms with Crippen molar-refractivity contribution in [1.29, 1.82) is 0 Å². The second-order valence-corrected chi connectivity index (χ2v) is 9.42. The Morgan fingerprint density at radius 1 is 0.805 bits per heavy atom. The molecule has 0 fully saturated rings. The predicted molar refractivity (Wildman–Crippen MR) is 151 cm³/mol. The average molecular weight is 555 g/mol. The minimum Gasteiger partial charge on any atom is -0.347 e. The number of nitrogens with one attached hydrogen (secondary N) is 2. The van der Waals surface area contributed by atoms with Crippen molar-refractivity contribution in [3.8, 4) is 22.3 Å². The number of amides is 2. The van der Waals surface area contributed by atoms with Gasteiger partial charge in [-0.15, -0.1) is 0 Å². The average Bonchev–Trinajstić information content (AvgIpc) is 3.35. The highest BCUT2D eigenvalue weighted by molar-refractivity contribution is 6.09. The molecule has 0 spiro atoms. The topological polar surface area (TPSA) is 76.0 Å². The molecule has 2 N–H and O–H groups in total. The van der Waals surface area contributed by atoms with Crippen LogP contribution >= 0.6 is 0 Å². The summed E-state index contributed by atoms with van der Waals surface area (Å²) in [6, 6.07) is 24.6. The van der Waals surface area contributed by atoms with Gasteiger partial charge < -0.3 is 15.2 Å². The van der Waals surface area contributed by atoms with Crippen molar-refractivity contribution in [2.24, 2.45) is 7.05 Å². The normalized spacial score (nSPS) is 11.2. The summed E-state index contributed by atoms with van der Waals surface area (Å²) in [4.78, 5) is 30.1. The third-order valence-electron chi connectivity index (χ3n) is 6.61. The van der Waals surface area contributed by atoms with Gasteiger partial charge in [0.05, 0.1) is 11.3 Å². The minimum atomic E-state index is -4.45.